The molecule has 0 aliphatic heterocycles. The second-order valence-electron chi connectivity index (χ2n) is 6.20. The van der Waals surface area contributed by atoms with E-state index in [-0.39, 0.29) is 5.82 Å². The molecule has 0 unspecified atom stereocenters. The molecule has 3 aromatic rings. The Labute approximate surface area is 139 Å². The Morgan fingerprint density at radius 1 is 1.12 bits per heavy atom. The summed E-state index contributed by atoms with van der Waals surface area (Å²) in [7, 11) is 0. The summed E-state index contributed by atoms with van der Waals surface area (Å²) in [6.45, 7) is 0.507. The van der Waals surface area contributed by atoms with E-state index in [2.05, 4.69) is 25.8 Å². The van der Waals surface area contributed by atoms with E-state index in [1.807, 2.05) is 10.7 Å². The molecule has 2 heterocycles. The molecular formula is C17H19FN6. The molecule has 0 saturated heterocycles. The molecule has 4 rings (SSSR count). The lowest BCUT2D eigenvalue weighted by Crippen LogP contribution is -2.18. The van der Waals surface area contributed by atoms with Crippen LogP contribution in [0.25, 0.3) is 10.8 Å². The van der Waals surface area contributed by atoms with Crippen molar-refractivity contribution in [2.45, 2.75) is 44.7 Å². The minimum absolute atomic E-state index is 0.268. The molecule has 1 aliphatic rings. The van der Waals surface area contributed by atoms with Crippen LogP contribution in [0.1, 0.15) is 44.0 Å². The van der Waals surface area contributed by atoms with Crippen LogP contribution in [-0.4, -0.2) is 25.2 Å². The van der Waals surface area contributed by atoms with Crippen molar-refractivity contribution in [2.24, 2.45) is 0 Å². The van der Waals surface area contributed by atoms with E-state index < -0.39 is 0 Å². The van der Waals surface area contributed by atoms with Crippen LogP contribution in [0.15, 0.2) is 30.6 Å². The number of nitrogens with one attached hydrogen (secondary N) is 1. The normalized spacial score (nSPS) is 15.7. The molecule has 1 saturated carbocycles. The molecule has 1 N–H and O–H groups in total. The van der Waals surface area contributed by atoms with Crippen LogP contribution in [0.5, 0.6) is 0 Å². The molecule has 0 bridgehead atoms. The lowest BCUT2D eigenvalue weighted by molar-refractivity contribution is 0.317. The van der Waals surface area contributed by atoms with E-state index in [0.717, 1.165) is 29.7 Å². The fourth-order valence-electron chi connectivity index (χ4n) is 3.42. The number of hydrogen-bond acceptors (Lipinski definition) is 5. The number of benzene rings is 1. The molecule has 124 valence electrons. The van der Waals surface area contributed by atoms with Gasteiger partial charge in [0.2, 0.25) is 0 Å². The van der Waals surface area contributed by atoms with Crippen molar-refractivity contribution in [1.82, 2.24) is 25.2 Å². The van der Waals surface area contributed by atoms with Gasteiger partial charge in [-0.25, -0.2) is 9.07 Å². The van der Waals surface area contributed by atoms with Gasteiger partial charge in [0, 0.05) is 28.9 Å². The Bertz CT molecular complexity index is 840. The highest BCUT2D eigenvalue weighted by molar-refractivity contribution is 5.93. The minimum Gasteiger partial charge on any atom is -0.377 e. The van der Waals surface area contributed by atoms with Crippen molar-refractivity contribution >= 4 is 16.5 Å². The topological polar surface area (TPSA) is 68.5 Å². The van der Waals surface area contributed by atoms with Gasteiger partial charge in [-0.1, -0.05) is 19.3 Å². The smallest absolute Gasteiger partial charge is 0.170 e. The monoisotopic (exact) mass is 326 g/mol. The quantitative estimate of drug-likeness (QED) is 0.795. The highest BCUT2D eigenvalue weighted by Crippen LogP contribution is 2.29. The molecule has 1 fully saturated rings. The number of anilines is 1. The van der Waals surface area contributed by atoms with Crippen molar-refractivity contribution in [2.75, 3.05) is 5.32 Å². The van der Waals surface area contributed by atoms with Gasteiger partial charge in [-0.2, -0.15) is 0 Å². The number of aromatic nitrogens is 5. The lowest BCUT2D eigenvalue weighted by Gasteiger charge is -2.22. The zero-order valence-corrected chi connectivity index (χ0v) is 13.3. The van der Waals surface area contributed by atoms with Gasteiger partial charge < -0.3 is 5.32 Å². The van der Waals surface area contributed by atoms with Gasteiger partial charge in [-0.05, 0) is 41.5 Å². The SMILES string of the molecule is Fc1ccc(NCc2nnnn2C2CCCCC2)c2ccncc12. The number of halogens is 1. The third kappa shape index (κ3) is 2.81. The highest BCUT2D eigenvalue weighted by Gasteiger charge is 2.20. The van der Waals surface area contributed by atoms with Crippen molar-refractivity contribution in [3.05, 3.63) is 42.2 Å². The summed E-state index contributed by atoms with van der Waals surface area (Å²) in [6, 6.07) is 5.40. The summed E-state index contributed by atoms with van der Waals surface area (Å²) < 4.78 is 15.8. The third-order valence-electron chi connectivity index (χ3n) is 4.68. The Hall–Kier alpha value is -2.57. The summed E-state index contributed by atoms with van der Waals surface area (Å²) >= 11 is 0. The van der Waals surface area contributed by atoms with Crippen LogP contribution in [0.3, 0.4) is 0 Å². The van der Waals surface area contributed by atoms with Gasteiger partial charge >= 0.3 is 0 Å². The first-order valence-corrected chi connectivity index (χ1v) is 8.36. The fourth-order valence-corrected chi connectivity index (χ4v) is 3.42. The zero-order chi connectivity index (χ0) is 16.4. The molecule has 0 spiro atoms. The van der Waals surface area contributed by atoms with Crippen LogP contribution in [0, 0.1) is 5.82 Å². The second kappa shape index (κ2) is 6.51. The third-order valence-corrected chi connectivity index (χ3v) is 4.68. The van der Waals surface area contributed by atoms with Gasteiger partial charge in [0.25, 0.3) is 0 Å². The number of rotatable bonds is 4. The van der Waals surface area contributed by atoms with Gasteiger partial charge in [0.15, 0.2) is 5.82 Å². The first-order valence-electron chi connectivity index (χ1n) is 8.36. The standard InChI is InChI=1S/C17H19FN6/c18-15-6-7-16(13-8-9-19-10-14(13)15)20-11-17-21-22-23-24(17)12-4-2-1-3-5-12/h6-10,12,20H,1-5,11H2. The molecule has 2 aromatic heterocycles. The molecule has 0 radical (unpaired) electrons. The Balaban J connectivity index is 1.56. The maximum Gasteiger partial charge on any atom is 0.170 e. The van der Waals surface area contributed by atoms with E-state index >= 15 is 0 Å². The summed E-state index contributed by atoms with van der Waals surface area (Å²) in [6.07, 6.45) is 9.22. The Morgan fingerprint density at radius 3 is 2.88 bits per heavy atom. The average Bonchev–Trinajstić information content (AvgIpc) is 3.11. The van der Waals surface area contributed by atoms with Gasteiger partial charge in [-0.15, -0.1) is 5.10 Å². The largest absolute Gasteiger partial charge is 0.377 e. The van der Waals surface area contributed by atoms with Crippen LogP contribution in [0.4, 0.5) is 10.1 Å². The van der Waals surface area contributed by atoms with Crippen LogP contribution in [-0.2, 0) is 6.54 Å². The minimum atomic E-state index is -0.268. The molecular weight excluding hydrogens is 307 g/mol. The predicted molar refractivity (Wildman–Crippen MR) is 89.0 cm³/mol. The van der Waals surface area contributed by atoms with E-state index in [9.17, 15) is 4.39 Å². The maximum atomic E-state index is 13.9. The zero-order valence-electron chi connectivity index (χ0n) is 13.3. The molecule has 7 heteroatoms. The molecule has 24 heavy (non-hydrogen) atoms. The maximum absolute atomic E-state index is 13.9. The lowest BCUT2D eigenvalue weighted by atomic mass is 9.95. The van der Waals surface area contributed by atoms with Crippen LogP contribution in [0.2, 0.25) is 0 Å². The average molecular weight is 326 g/mol. The summed E-state index contributed by atoms with van der Waals surface area (Å²) in [5, 5.41) is 16.8. The van der Waals surface area contributed by atoms with Gasteiger partial charge in [-0.3, -0.25) is 4.98 Å². The van der Waals surface area contributed by atoms with Crippen molar-refractivity contribution in [1.29, 1.82) is 0 Å². The van der Waals surface area contributed by atoms with Crippen molar-refractivity contribution in [3.63, 3.8) is 0 Å². The first-order chi connectivity index (χ1) is 11.8. The van der Waals surface area contributed by atoms with Gasteiger partial charge in [0.05, 0.1) is 12.6 Å². The Kier molecular flexibility index (Phi) is 4.06. The molecule has 0 atom stereocenters. The molecule has 0 amide bonds. The molecule has 6 nitrogen and oxygen atoms in total. The Morgan fingerprint density at radius 2 is 2.00 bits per heavy atom. The number of hydrogen-bond donors (Lipinski definition) is 1. The van der Waals surface area contributed by atoms with Gasteiger partial charge in [0.1, 0.15) is 5.82 Å². The summed E-state index contributed by atoms with van der Waals surface area (Å²) in [5.74, 6) is 0.545. The number of nitrogens with zero attached hydrogens (tertiary/aromatic N) is 5. The number of tetrazole rings is 1. The molecule has 1 aromatic carbocycles. The number of fused-ring (bicyclic) bond motifs is 1. The van der Waals surface area contributed by atoms with Crippen molar-refractivity contribution in [3.8, 4) is 0 Å². The fraction of sp³-hybridized carbons (Fsp3) is 0.412. The summed E-state index contributed by atoms with van der Waals surface area (Å²) in [5.41, 5.74) is 0.854. The van der Waals surface area contributed by atoms with Crippen LogP contribution < -0.4 is 5.32 Å². The van der Waals surface area contributed by atoms with Crippen molar-refractivity contribution < 1.29 is 4.39 Å². The predicted octanol–water partition coefficient (Wildman–Crippen LogP) is 3.48. The van der Waals surface area contributed by atoms with E-state index in [1.165, 1.54) is 25.3 Å². The molecule has 1 aliphatic carbocycles. The number of pyridine rings is 1. The second-order valence-corrected chi connectivity index (χ2v) is 6.20. The first kappa shape index (κ1) is 15.0. The highest BCUT2D eigenvalue weighted by atomic mass is 19.1. The van der Waals surface area contributed by atoms with E-state index in [1.54, 1.807) is 18.5 Å². The van der Waals surface area contributed by atoms with Crippen LogP contribution >= 0.6 is 0 Å². The van der Waals surface area contributed by atoms with E-state index in [4.69, 9.17) is 0 Å². The summed E-state index contributed by atoms with van der Waals surface area (Å²) in [4.78, 5) is 4.00. The van der Waals surface area contributed by atoms with E-state index in [0.29, 0.717) is 18.0 Å².